The number of hydrogen-bond acceptors (Lipinski definition) is 2. The molecule has 1 amide bonds. The second-order valence-electron chi connectivity index (χ2n) is 5.96. The van der Waals surface area contributed by atoms with Gasteiger partial charge in [0.1, 0.15) is 0 Å². The minimum absolute atomic E-state index is 0.0858. The summed E-state index contributed by atoms with van der Waals surface area (Å²) in [6, 6.07) is 6.46. The Labute approximate surface area is 157 Å². The number of rotatable bonds is 6. The summed E-state index contributed by atoms with van der Waals surface area (Å²) in [6.07, 6.45) is 10.3. The van der Waals surface area contributed by atoms with E-state index in [-0.39, 0.29) is 5.91 Å². The molecule has 0 bridgehead atoms. The molecule has 1 aromatic carbocycles. The lowest BCUT2D eigenvalue weighted by molar-refractivity contribution is -0.118. The van der Waals surface area contributed by atoms with Crippen molar-refractivity contribution >= 4 is 17.7 Å². The molecule has 3 heteroatoms. The van der Waals surface area contributed by atoms with E-state index in [1.807, 2.05) is 39.0 Å². The fourth-order valence-electron chi connectivity index (χ4n) is 2.59. The van der Waals surface area contributed by atoms with Crippen LogP contribution in [0.4, 0.5) is 5.69 Å². The second kappa shape index (κ2) is 10.9. The van der Waals surface area contributed by atoms with Crippen LogP contribution in [-0.4, -0.2) is 12.5 Å². The standard InChI is InChI=1S/C21H24N2O.C2H6/c1-5-18(7-6-10-22-16(4)24)20-13-19-12-17(11-15(2)3)8-9-21(19)23-14-20;1-2/h5-10,12-13,23H,1-2,11,14H2,3-4H3,(H,22,24);1-2H3/b10-6+,18-7+;. The molecule has 1 aliphatic rings. The maximum absolute atomic E-state index is 10.9. The lowest BCUT2D eigenvalue weighted by Gasteiger charge is -2.20. The first-order valence-corrected chi connectivity index (χ1v) is 8.98. The van der Waals surface area contributed by atoms with E-state index in [2.05, 4.69) is 48.1 Å². The number of carbonyl (C=O) groups excluding carboxylic acids is 1. The zero-order valence-electron chi connectivity index (χ0n) is 16.4. The van der Waals surface area contributed by atoms with Crippen LogP contribution in [0.5, 0.6) is 0 Å². The van der Waals surface area contributed by atoms with Crippen molar-refractivity contribution in [2.75, 3.05) is 11.9 Å². The SMILES string of the molecule is C=C/C(=C\C=C\NC(C)=O)C1=Cc2cc(CC(=C)C)ccc2NC1.CC. The first-order valence-electron chi connectivity index (χ1n) is 8.98. The Kier molecular flexibility index (Phi) is 8.93. The van der Waals surface area contributed by atoms with Gasteiger partial charge in [0.15, 0.2) is 0 Å². The third-order valence-corrected chi connectivity index (χ3v) is 3.67. The van der Waals surface area contributed by atoms with E-state index in [9.17, 15) is 4.79 Å². The van der Waals surface area contributed by atoms with E-state index in [1.54, 1.807) is 6.20 Å². The van der Waals surface area contributed by atoms with E-state index in [4.69, 9.17) is 0 Å². The minimum Gasteiger partial charge on any atom is -0.380 e. The Balaban J connectivity index is 0.00000163. The molecule has 0 spiro atoms. The molecule has 0 saturated carbocycles. The molecule has 0 unspecified atom stereocenters. The van der Waals surface area contributed by atoms with Crippen molar-refractivity contribution < 1.29 is 4.79 Å². The smallest absolute Gasteiger partial charge is 0.220 e. The Morgan fingerprint density at radius 3 is 2.65 bits per heavy atom. The molecule has 2 rings (SSSR count). The highest BCUT2D eigenvalue weighted by Gasteiger charge is 2.11. The monoisotopic (exact) mass is 350 g/mol. The molecule has 26 heavy (non-hydrogen) atoms. The molecule has 3 nitrogen and oxygen atoms in total. The summed E-state index contributed by atoms with van der Waals surface area (Å²) in [7, 11) is 0. The molecule has 0 radical (unpaired) electrons. The largest absolute Gasteiger partial charge is 0.380 e. The van der Waals surface area contributed by atoms with Gasteiger partial charge in [-0.2, -0.15) is 0 Å². The van der Waals surface area contributed by atoms with Crippen LogP contribution in [-0.2, 0) is 11.2 Å². The van der Waals surface area contributed by atoms with Gasteiger partial charge in [-0.1, -0.05) is 50.8 Å². The molecule has 1 aliphatic heterocycles. The van der Waals surface area contributed by atoms with Gasteiger partial charge in [-0.3, -0.25) is 4.79 Å². The fraction of sp³-hybridized carbons (Fsp3) is 0.261. The number of allylic oxidation sites excluding steroid dienone is 4. The van der Waals surface area contributed by atoms with Crippen LogP contribution in [0.2, 0.25) is 0 Å². The van der Waals surface area contributed by atoms with Gasteiger partial charge in [-0.15, -0.1) is 0 Å². The Hall–Kier alpha value is -2.81. The average Bonchev–Trinajstić information content (AvgIpc) is 2.62. The Morgan fingerprint density at radius 2 is 2.04 bits per heavy atom. The number of hydrogen-bond donors (Lipinski definition) is 2. The fourth-order valence-corrected chi connectivity index (χ4v) is 2.59. The van der Waals surface area contributed by atoms with Crippen molar-refractivity contribution in [2.24, 2.45) is 0 Å². The summed E-state index contributed by atoms with van der Waals surface area (Å²) >= 11 is 0. The second-order valence-corrected chi connectivity index (χ2v) is 5.96. The third-order valence-electron chi connectivity index (χ3n) is 3.67. The highest BCUT2D eigenvalue weighted by atomic mass is 16.1. The number of anilines is 1. The number of nitrogens with one attached hydrogen (secondary N) is 2. The van der Waals surface area contributed by atoms with Crippen LogP contribution in [0.3, 0.4) is 0 Å². The zero-order valence-corrected chi connectivity index (χ0v) is 16.4. The van der Waals surface area contributed by atoms with Crippen LogP contribution in [0.1, 0.15) is 38.8 Å². The maximum Gasteiger partial charge on any atom is 0.220 e. The van der Waals surface area contributed by atoms with Crippen molar-refractivity contribution in [3.63, 3.8) is 0 Å². The van der Waals surface area contributed by atoms with Crippen LogP contribution >= 0.6 is 0 Å². The normalized spacial score (nSPS) is 12.9. The topological polar surface area (TPSA) is 41.1 Å². The number of carbonyl (C=O) groups is 1. The van der Waals surface area contributed by atoms with E-state index in [0.29, 0.717) is 0 Å². The molecular weight excluding hydrogens is 320 g/mol. The summed E-state index contributed by atoms with van der Waals surface area (Å²) in [5, 5.41) is 6.07. The highest BCUT2D eigenvalue weighted by Crippen LogP contribution is 2.28. The molecule has 0 fully saturated rings. The van der Waals surface area contributed by atoms with E-state index in [1.165, 1.54) is 18.1 Å². The van der Waals surface area contributed by atoms with E-state index < -0.39 is 0 Å². The van der Waals surface area contributed by atoms with Gasteiger partial charge in [-0.25, -0.2) is 0 Å². The molecule has 0 atom stereocenters. The van der Waals surface area contributed by atoms with Gasteiger partial charge in [0, 0.05) is 25.4 Å². The zero-order chi connectivity index (χ0) is 19.5. The first kappa shape index (κ1) is 21.2. The van der Waals surface area contributed by atoms with Gasteiger partial charge in [0.2, 0.25) is 5.91 Å². The summed E-state index contributed by atoms with van der Waals surface area (Å²) in [5.41, 5.74) is 6.92. The van der Waals surface area contributed by atoms with Crippen molar-refractivity contribution in [2.45, 2.75) is 34.1 Å². The van der Waals surface area contributed by atoms with E-state index in [0.717, 1.165) is 35.4 Å². The van der Waals surface area contributed by atoms with E-state index >= 15 is 0 Å². The summed E-state index contributed by atoms with van der Waals surface area (Å²) in [6.45, 7) is 16.1. The van der Waals surface area contributed by atoms with Crippen LogP contribution in [0.25, 0.3) is 6.08 Å². The third kappa shape index (κ3) is 6.60. The first-order chi connectivity index (χ1) is 12.5. The number of amides is 1. The number of benzene rings is 1. The molecule has 2 N–H and O–H groups in total. The van der Waals surface area contributed by atoms with Crippen LogP contribution < -0.4 is 10.6 Å². The minimum atomic E-state index is -0.0858. The Bertz CT molecular complexity index is 751. The molecule has 138 valence electrons. The van der Waals surface area contributed by atoms with Crippen LogP contribution in [0, 0.1) is 0 Å². The molecule has 1 heterocycles. The summed E-state index contributed by atoms with van der Waals surface area (Å²) in [4.78, 5) is 10.9. The summed E-state index contributed by atoms with van der Waals surface area (Å²) in [5.74, 6) is -0.0858. The molecular formula is C23H30N2O. The van der Waals surface area contributed by atoms with Crippen molar-refractivity contribution in [1.82, 2.24) is 5.32 Å². The van der Waals surface area contributed by atoms with Gasteiger partial charge in [0.25, 0.3) is 0 Å². The van der Waals surface area contributed by atoms with Crippen molar-refractivity contribution in [3.8, 4) is 0 Å². The predicted octanol–water partition coefficient (Wildman–Crippen LogP) is 5.40. The molecule has 0 aliphatic carbocycles. The number of fused-ring (bicyclic) bond motifs is 1. The quantitative estimate of drug-likeness (QED) is 0.532. The lowest BCUT2D eigenvalue weighted by Crippen LogP contribution is -2.12. The average molecular weight is 351 g/mol. The lowest BCUT2D eigenvalue weighted by atomic mass is 9.95. The maximum atomic E-state index is 10.9. The van der Waals surface area contributed by atoms with Gasteiger partial charge < -0.3 is 10.6 Å². The van der Waals surface area contributed by atoms with Gasteiger partial charge >= 0.3 is 0 Å². The Morgan fingerprint density at radius 1 is 1.31 bits per heavy atom. The summed E-state index contributed by atoms with van der Waals surface area (Å²) < 4.78 is 0. The van der Waals surface area contributed by atoms with Gasteiger partial charge in [-0.05, 0) is 59.9 Å². The van der Waals surface area contributed by atoms with Crippen molar-refractivity contribution in [1.29, 1.82) is 0 Å². The molecule has 0 saturated heterocycles. The predicted molar refractivity (Wildman–Crippen MR) is 114 cm³/mol. The van der Waals surface area contributed by atoms with Gasteiger partial charge in [0.05, 0.1) is 0 Å². The highest BCUT2D eigenvalue weighted by molar-refractivity contribution is 5.76. The molecule has 0 aromatic heterocycles. The molecule has 1 aromatic rings. The van der Waals surface area contributed by atoms with Crippen LogP contribution in [0.15, 0.2) is 72.5 Å². The van der Waals surface area contributed by atoms with Crippen molar-refractivity contribution in [3.05, 3.63) is 83.6 Å².